The Labute approximate surface area is 120 Å². The minimum atomic E-state index is -0.333. The van der Waals surface area contributed by atoms with E-state index in [0.717, 1.165) is 16.1 Å². The van der Waals surface area contributed by atoms with Crippen LogP contribution in [0.2, 0.25) is 5.02 Å². The van der Waals surface area contributed by atoms with Gasteiger partial charge in [-0.2, -0.15) is 0 Å². The van der Waals surface area contributed by atoms with E-state index in [9.17, 15) is 4.79 Å². The molecule has 2 aromatic rings. The van der Waals surface area contributed by atoms with Crippen molar-refractivity contribution in [3.8, 4) is 0 Å². The van der Waals surface area contributed by atoms with Gasteiger partial charge in [0.25, 0.3) is 6.47 Å². The molecule has 1 atom stereocenters. The lowest BCUT2D eigenvalue weighted by Crippen LogP contribution is -2.17. The van der Waals surface area contributed by atoms with Crippen molar-refractivity contribution in [3.05, 3.63) is 50.9 Å². The number of benzene rings is 1. The quantitative estimate of drug-likeness (QED) is 0.832. The van der Waals surface area contributed by atoms with E-state index in [1.165, 1.54) is 11.3 Å². The number of hydrogen-bond donors (Lipinski definition) is 1. The number of carbonyl (C=O) groups is 1. The number of rotatable bonds is 6. The number of nitrogens with two attached hydrogens (primary N) is 1. The molecule has 0 saturated carbocycles. The summed E-state index contributed by atoms with van der Waals surface area (Å²) in [6, 6.07) is 7.27. The summed E-state index contributed by atoms with van der Waals surface area (Å²) in [5, 5.41) is 0.707. The molecule has 0 bridgehead atoms. The van der Waals surface area contributed by atoms with Gasteiger partial charge in [0.15, 0.2) is 0 Å². The van der Waals surface area contributed by atoms with Crippen molar-refractivity contribution in [1.82, 2.24) is 4.98 Å². The zero-order valence-electron chi connectivity index (χ0n) is 10.1. The van der Waals surface area contributed by atoms with Crippen LogP contribution in [0.15, 0.2) is 29.8 Å². The van der Waals surface area contributed by atoms with E-state index in [4.69, 9.17) is 22.1 Å². The van der Waals surface area contributed by atoms with E-state index in [-0.39, 0.29) is 12.6 Å². The number of carbonyl (C=O) groups excluding carboxylic acids is 1. The van der Waals surface area contributed by atoms with E-state index in [1.807, 2.05) is 24.3 Å². The van der Waals surface area contributed by atoms with Crippen LogP contribution in [0.3, 0.4) is 0 Å². The summed E-state index contributed by atoms with van der Waals surface area (Å²) in [5.74, 6) is 0. The molecule has 1 unspecified atom stereocenters. The maximum Gasteiger partial charge on any atom is 0.293 e. The van der Waals surface area contributed by atoms with Gasteiger partial charge < -0.3 is 10.5 Å². The largest absolute Gasteiger partial charge is 0.466 e. The third kappa shape index (κ3) is 3.76. The summed E-state index contributed by atoms with van der Waals surface area (Å²) in [4.78, 5) is 15.5. The summed E-state index contributed by atoms with van der Waals surface area (Å²) in [6.45, 7) is 0.569. The first kappa shape index (κ1) is 14.0. The maximum atomic E-state index is 10.2. The standard InChI is InChI=1S/C13H13ClN2O2S/c14-10-3-1-9(2-4-10)5-12-13(19-7-16-12)11(15)6-18-8-17/h1-4,7-8,11H,5-6,15H2. The van der Waals surface area contributed by atoms with E-state index in [2.05, 4.69) is 4.98 Å². The molecule has 1 aromatic carbocycles. The van der Waals surface area contributed by atoms with Gasteiger partial charge in [0.1, 0.15) is 6.61 Å². The van der Waals surface area contributed by atoms with E-state index in [0.29, 0.717) is 17.9 Å². The molecule has 0 spiro atoms. The Hall–Kier alpha value is -1.43. The highest BCUT2D eigenvalue weighted by Gasteiger charge is 2.15. The van der Waals surface area contributed by atoms with Gasteiger partial charge in [0.2, 0.25) is 0 Å². The number of ether oxygens (including phenoxy) is 1. The number of nitrogens with zero attached hydrogens (tertiary/aromatic N) is 1. The first-order chi connectivity index (χ1) is 9.20. The lowest BCUT2D eigenvalue weighted by molar-refractivity contribution is -0.129. The predicted octanol–water partition coefficient (Wildman–Crippen LogP) is 2.56. The molecule has 100 valence electrons. The topological polar surface area (TPSA) is 65.2 Å². The Balaban J connectivity index is 2.10. The molecule has 1 heterocycles. The van der Waals surface area contributed by atoms with Gasteiger partial charge in [-0.15, -0.1) is 11.3 Å². The van der Waals surface area contributed by atoms with Gasteiger partial charge in [-0.25, -0.2) is 4.98 Å². The van der Waals surface area contributed by atoms with Gasteiger partial charge in [-0.05, 0) is 17.7 Å². The summed E-state index contributed by atoms with van der Waals surface area (Å²) in [7, 11) is 0. The fourth-order valence-corrected chi connectivity index (χ4v) is 2.65. The van der Waals surface area contributed by atoms with Crippen molar-refractivity contribution < 1.29 is 9.53 Å². The molecule has 0 radical (unpaired) electrons. The Morgan fingerprint density at radius 1 is 1.42 bits per heavy atom. The molecule has 2 rings (SSSR count). The number of halogens is 1. The first-order valence-corrected chi connectivity index (χ1v) is 6.94. The van der Waals surface area contributed by atoms with Crippen molar-refractivity contribution in [2.45, 2.75) is 12.5 Å². The number of thiazole rings is 1. The summed E-state index contributed by atoms with van der Waals surface area (Å²) in [6.07, 6.45) is 0.685. The Kier molecular flexibility index (Phi) is 4.90. The monoisotopic (exact) mass is 296 g/mol. The van der Waals surface area contributed by atoms with Crippen LogP contribution in [0, 0.1) is 0 Å². The molecule has 0 aliphatic rings. The second-order valence-electron chi connectivity index (χ2n) is 4.00. The van der Waals surface area contributed by atoms with Crippen LogP contribution in [0.5, 0.6) is 0 Å². The molecular formula is C13H13ClN2O2S. The Morgan fingerprint density at radius 3 is 2.84 bits per heavy atom. The number of aromatic nitrogens is 1. The van der Waals surface area contributed by atoms with Crippen LogP contribution in [-0.4, -0.2) is 18.1 Å². The van der Waals surface area contributed by atoms with Crippen LogP contribution in [0.1, 0.15) is 22.2 Å². The van der Waals surface area contributed by atoms with Crippen LogP contribution in [0.25, 0.3) is 0 Å². The third-order valence-corrected chi connectivity index (χ3v) is 3.89. The first-order valence-electron chi connectivity index (χ1n) is 5.68. The molecule has 6 heteroatoms. The Bertz CT molecular complexity index is 542. The normalized spacial score (nSPS) is 12.1. The van der Waals surface area contributed by atoms with Crippen LogP contribution >= 0.6 is 22.9 Å². The van der Waals surface area contributed by atoms with Crippen LogP contribution in [-0.2, 0) is 16.0 Å². The van der Waals surface area contributed by atoms with Crippen LogP contribution in [0.4, 0.5) is 0 Å². The lowest BCUT2D eigenvalue weighted by atomic mass is 10.1. The predicted molar refractivity (Wildman–Crippen MR) is 75.3 cm³/mol. The van der Waals surface area contributed by atoms with Gasteiger partial charge in [0, 0.05) is 16.3 Å². The van der Waals surface area contributed by atoms with E-state index < -0.39 is 0 Å². The summed E-state index contributed by atoms with van der Waals surface area (Å²) in [5.41, 5.74) is 9.74. The second kappa shape index (κ2) is 6.65. The molecular weight excluding hydrogens is 284 g/mol. The van der Waals surface area contributed by atoms with Crippen LogP contribution < -0.4 is 5.73 Å². The fraction of sp³-hybridized carbons (Fsp3) is 0.231. The maximum absolute atomic E-state index is 10.2. The fourth-order valence-electron chi connectivity index (χ4n) is 1.73. The molecule has 0 amide bonds. The van der Waals surface area contributed by atoms with E-state index >= 15 is 0 Å². The summed E-state index contributed by atoms with van der Waals surface area (Å²) < 4.78 is 4.70. The van der Waals surface area contributed by atoms with Gasteiger partial charge >= 0.3 is 0 Å². The molecule has 4 nitrogen and oxygen atoms in total. The average Bonchev–Trinajstić information content (AvgIpc) is 2.87. The highest BCUT2D eigenvalue weighted by molar-refractivity contribution is 7.09. The van der Waals surface area contributed by atoms with Gasteiger partial charge in [0.05, 0.1) is 17.2 Å². The van der Waals surface area contributed by atoms with Crippen molar-refractivity contribution in [2.75, 3.05) is 6.61 Å². The molecule has 0 aliphatic carbocycles. The molecule has 0 fully saturated rings. The zero-order valence-corrected chi connectivity index (χ0v) is 11.7. The number of hydrogen-bond acceptors (Lipinski definition) is 5. The minimum absolute atomic E-state index is 0.166. The van der Waals surface area contributed by atoms with Crippen molar-refractivity contribution in [2.24, 2.45) is 5.73 Å². The van der Waals surface area contributed by atoms with Gasteiger partial charge in [-0.1, -0.05) is 23.7 Å². The highest BCUT2D eigenvalue weighted by Crippen LogP contribution is 2.23. The Morgan fingerprint density at radius 2 is 2.16 bits per heavy atom. The molecule has 0 saturated heterocycles. The molecule has 1 aromatic heterocycles. The van der Waals surface area contributed by atoms with Crippen molar-refractivity contribution >= 4 is 29.4 Å². The highest BCUT2D eigenvalue weighted by atomic mass is 35.5. The smallest absolute Gasteiger partial charge is 0.293 e. The molecule has 2 N–H and O–H groups in total. The SMILES string of the molecule is NC(COC=O)c1scnc1Cc1ccc(Cl)cc1. The lowest BCUT2D eigenvalue weighted by Gasteiger charge is -2.10. The second-order valence-corrected chi connectivity index (χ2v) is 5.33. The summed E-state index contributed by atoms with van der Waals surface area (Å²) >= 11 is 7.32. The minimum Gasteiger partial charge on any atom is -0.466 e. The molecule has 19 heavy (non-hydrogen) atoms. The van der Waals surface area contributed by atoms with E-state index in [1.54, 1.807) is 5.51 Å². The van der Waals surface area contributed by atoms with Crippen molar-refractivity contribution in [3.63, 3.8) is 0 Å². The van der Waals surface area contributed by atoms with Crippen molar-refractivity contribution in [1.29, 1.82) is 0 Å². The van der Waals surface area contributed by atoms with Gasteiger partial charge in [-0.3, -0.25) is 4.79 Å². The molecule has 0 aliphatic heterocycles. The third-order valence-electron chi connectivity index (χ3n) is 2.64. The zero-order chi connectivity index (χ0) is 13.7. The average molecular weight is 297 g/mol.